The van der Waals surface area contributed by atoms with Gasteiger partial charge in [0.1, 0.15) is 6.04 Å². The Bertz CT molecular complexity index is 498. The summed E-state index contributed by atoms with van der Waals surface area (Å²) < 4.78 is 11.5. The number of esters is 1. The van der Waals surface area contributed by atoms with Crippen molar-refractivity contribution in [1.82, 2.24) is 10.3 Å². The number of hydroxylamine groups is 1. The first kappa shape index (κ1) is 23.0. The molecule has 0 bridgehead atoms. The summed E-state index contributed by atoms with van der Waals surface area (Å²) in [5.41, 5.74) is 3.01. The Hall–Kier alpha value is -0.998. The van der Waals surface area contributed by atoms with Gasteiger partial charge in [-0.1, -0.05) is 26.8 Å². The van der Waals surface area contributed by atoms with Crippen LogP contribution in [0.15, 0.2) is 12.7 Å². The molecule has 1 heterocycles. The van der Waals surface area contributed by atoms with Crippen LogP contribution in [0.3, 0.4) is 0 Å². The first-order valence-corrected chi connectivity index (χ1v) is 11.8. The highest BCUT2D eigenvalue weighted by atomic mass is 28.4. The molecule has 3 atom stereocenters. The molecular weight excluding hydrogens is 351 g/mol. The van der Waals surface area contributed by atoms with Crippen molar-refractivity contribution >= 4 is 27.9 Å². The van der Waals surface area contributed by atoms with Crippen molar-refractivity contribution in [3.05, 3.63) is 12.7 Å². The lowest BCUT2D eigenvalue weighted by molar-refractivity contribution is -0.149. The predicted octanol–water partition coefficient (Wildman–Crippen LogP) is 1.51. The van der Waals surface area contributed by atoms with Crippen molar-refractivity contribution in [2.75, 3.05) is 20.3 Å². The molecule has 1 aliphatic rings. The van der Waals surface area contributed by atoms with Gasteiger partial charge in [0.2, 0.25) is 0 Å². The van der Waals surface area contributed by atoms with Crippen molar-refractivity contribution in [3.8, 4) is 0 Å². The summed E-state index contributed by atoms with van der Waals surface area (Å²) in [5.74, 6) is -0.377. The summed E-state index contributed by atoms with van der Waals surface area (Å²) in [5, 5.41) is 0.0341. The molecular formula is C17H32BN2O5Si. The van der Waals surface area contributed by atoms with Crippen LogP contribution >= 0.6 is 0 Å². The van der Waals surface area contributed by atoms with Crippen molar-refractivity contribution in [1.29, 1.82) is 0 Å². The summed E-state index contributed by atoms with van der Waals surface area (Å²) >= 11 is 0. The van der Waals surface area contributed by atoms with Crippen LogP contribution in [0, 0.1) is 0 Å². The van der Waals surface area contributed by atoms with Crippen LogP contribution in [-0.2, 0) is 23.6 Å². The number of carbonyl (C=O) groups excluding carboxylic acids is 2. The minimum atomic E-state index is -2.06. The van der Waals surface area contributed by atoms with E-state index in [1.807, 2.05) is 0 Å². The Morgan fingerprint density at radius 2 is 2.08 bits per heavy atom. The highest BCUT2D eigenvalue weighted by Gasteiger charge is 2.45. The van der Waals surface area contributed by atoms with E-state index >= 15 is 0 Å². The molecule has 1 saturated heterocycles. The quantitative estimate of drug-likeness (QED) is 0.162. The van der Waals surface area contributed by atoms with E-state index in [-0.39, 0.29) is 23.2 Å². The molecule has 1 aliphatic heterocycles. The van der Waals surface area contributed by atoms with E-state index in [2.05, 4.69) is 45.9 Å². The number of nitrogens with zero attached hydrogens (tertiary/aromatic N) is 1. The Kier molecular flexibility index (Phi) is 8.68. The lowest BCUT2D eigenvalue weighted by atomic mass is 9.84. The smallest absolute Gasteiger partial charge is 0.322 e. The molecule has 1 fully saturated rings. The van der Waals surface area contributed by atoms with Gasteiger partial charge in [-0.25, -0.2) is 0 Å². The number of piperidine rings is 1. The Labute approximate surface area is 158 Å². The molecule has 0 aromatic rings. The number of carbonyl (C=O) groups is 2. The SMILES string of the molecule is C=CCON[C@H]1CN([B]C=O)[C@H](C(=O)OC)C[C@@H]1O[Si](C)(C)C(C)(C)C. The van der Waals surface area contributed by atoms with Crippen LogP contribution in [0.1, 0.15) is 27.2 Å². The zero-order valence-corrected chi connectivity index (χ0v) is 17.8. The highest BCUT2D eigenvalue weighted by Crippen LogP contribution is 2.39. The second-order valence-corrected chi connectivity index (χ2v) is 12.8. The molecule has 9 heteroatoms. The van der Waals surface area contributed by atoms with Crippen LogP contribution in [0.25, 0.3) is 0 Å². The monoisotopic (exact) mass is 383 g/mol. The van der Waals surface area contributed by atoms with Gasteiger partial charge in [-0.3, -0.25) is 9.63 Å². The summed E-state index contributed by atoms with van der Waals surface area (Å²) in [6.07, 6.45) is 2.50. The average molecular weight is 383 g/mol. The maximum Gasteiger partial charge on any atom is 0.322 e. The largest absolute Gasteiger partial charge is 0.468 e. The van der Waals surface area contributed by atoms with Gasteiger partial charge in [-0.05, 0) is 24.6 Å². The van der Waals surface area contributed by atoms with Crippen LogP contribution in [0.2, 0.25) is 18.1 Å². The minimum absolute atomic E-state index is 0.0341. The third-order valence-corrected chi connectivity index (χ3v) is 9.63. The molecule has 26 heavy (non-hydrogen) atoms. The van der Waals surface area contributed by atoms with Gasteiger partial charge in [-0.15, -0.1) is 6.58 Å². The van der Waals surface area contributed by atoms with Crippen molar-refractivity contribution in [3.63, 3.8) is 0 Å². The molecule has 0 aromatic carbocycles. The van der Waals surface area contributed by atoms with E-state index in [0.717, 1.165) is 0 Å². The van der Waals surface area contributed by atoms with Gasteiger partial charge in [-0.2, -0.15) is 5.48 Å². The first-order chi connectivity index (χ1) is 12.1. The van der Waals surface area contributed by atoms with Gasteiger partial charge in [0, 0.05) is 6.54 Å². The van der Waals surface area contributed by atoms with Crippen LogP contribution in [0.5, 0.6) is 0 Å². The lowest BCUT2D eigenvalue weighted by Crippen LogP contribution is -2.63. The van der Waals surface area contributed by atoms with Crippen molar-refractivity contribution in [2.24, 2.45) is 0 Å². The fourth-order valence-corrected chi connectivity index (χ4v) is 3.99. The summed E-state index contributed by atoms with van der Waals surface area (Å²) in [7, 11) is 0.654. The highest BCUT2D eigenvalue weighted by molar-refractivity contribution is 6.74. The second-order valence-electron chi connectivity index (χ2n) is 8.00. The van der Waals surface area contributed by atoms with E-state index in [1.165, 1.54) is 14.5 Å². The van der Waals surface area contributed by atoms with Gasteiger partial charge >= 0.3 is 5.97 Å². The number of hydrogen-bond acceptors (Lipinski definition) is 7. The fraction of sp³-hybridized carbons (Fsp3) is 0.765. The molecule has 0 aliphatic carbocycles. The number of ether oxygens (including phenoxy) is 1. The van der Waals surface area contributed by atoms with E-state index in [1.54, 1.807) is 10.9 Å². The van der Waals surface area contributed by atoms with E-state index < -0.39 is 14.4 Å². The number of hydrogen-bond donors (Lipinski definition) is 1. The predicted molar refractivity (Wildman–Crippen MR) is 105 cm³/mol. The zero-order valence-electron chi connectivity index (χ0n) is 16.8. The summed E-state index contributed by atoms with van der Waals surface area (Å²) in [4.78, 5) is 30.3. The second kappa shape index (κ2) is 9.80. The third kappa shape index (κ3) is 6.02. The Morgan fingerprint density at radius 3 is 2.58 bits per heavy atom. The third-order valence-electron chi connectivity index (χ3n) is 5.13. The van der Waals surface area contributed by atoms with Gasteiger partial charge in [0.05, 0.1) is 32.0 Å². The fourth-order valence-electron chi connectivity index (χ4n) is 2.61. The van der Waals surface area contributed by atoms with Crippen molar-refractivity contribution < 1.29 is 23.6 Å². The van der Waals surface area contributed by atoms with Gasteiger partial charge in [0.15, 0.2) is 8.32 Å². The molecule has 0 saturated carbocycles. The van der Waals surface area contributed by atoms with Crippen LogP contribution < -0.4 is 5.48 Å². The van der Waals surface area contributed by atoms with Crippen molar-refractivity contribution in [2.45, 2.75) is 63.5 Å². The van der Waals surface area contributed by atoms with E-state index in [9.17, 15) is 9.59 Å². The maximum absolute atomic E-state index is 12.2. The van der Waals surface area contributed by atoms with Crippen LogP contribution in [0.4, 0.5) is 0 Å². The Balaban J connectivity index is 3.03. The Morgan fingerprint density at radius 1 is 1.42 bits per heavy atom. The van der Waals surface area contributed by atoms with E-state index in [0.29, 0.717) is 25.8 Å². The normalized spacial score (nSPS) is 24.8. The molecule has 0 amide bonds. The molecule has 0 aromatic heterocycles. The molecule has 0 unspecified atom stereocenters. The number of methoxy groups -OCH3 is 1. The molecule has 1 rings (SSSR count). The first-order valence-electron chi connectivity index (χ1n) is 8.85. The minimum Gasteiger partial charge on any atom is -0.468 e. The van der Waals surface area contributed by atoms with Crippen LogP contribution in [-0.4, -0.2) is 71.1 Å². The zero-order chi connectivity index (χ0) is 20.0. The average Bonchev–Trinajstić information content (AvgIpc) is 2.55. The molecule has 1 radical (unpaired) electrons. The summed E-state index contributed by atoms with van der Waals surface area (Å²) in [6.45, 7) is 15.2. The van der Waals surface area contributed by atoms with Gasteiger partial charge in [0.25, 0.3) is 7.41 Å². The molecule has 7 nitrogen and oxygen atoms in total. The number of nitrogens with one attached hydrogen (secondary N) is 1. The van der Waals surface area contributed by atoms with E-state index in [4.69, 9.17) is 14.0 Å². The lowest BCUT2D eigenvalue weighted by Gasteiger charge is -2.47. The number of rotatable bonds is 9. The summed E-state index contributed by atoms with van der Waals surface area (Å²) in [6, 6.07) is -0.751. The maximum atomic E-state index is 12.2. The molecule has 147 valence electrons. The standard InChI is InChI=1S/C17H32BN2O5Si/c1-8-9-24-19-13-11-20(18-12-21)14(16(22)23-5)10-15(13)25-26(6,7)17(2,3)4/h8,12-15,19H,1,9-11H2,2-7H3/t13-,14-,15-/m0/s1. The topological polar surface area (TPSA) is 77.1 Å². The van der Waals surface area contributed by atoms with Gasteiger partial charge < -0.3 is 18.8 Å². The molecule has 1 N–H and O–H groups in total. The molecule has 0 spiro atoms.